The number of amides is 1. The van der Waals surface area contributed by atoms with E-state index in [0.29, 0.717) is 33.7 Å². The zero-order valence-electron chi connectivity index (χ0n) is 16.7. The molecule has 3 aromatic rings. The van der Waals surface area contributed by atoms with E-state index in [1.54, 1.807) is 12.1 Å². The SMILES string of the molecule is CC(C)N(Cc1ccc(C(=O)Nc2n[nH]c3sc(OC(=O)O)cc23)cc1)C(C)C. The van der Waals surface area contributed by atoms with E-state index in [0.717, 1.165) is 23.4 Å². The summed E-state index contributed by atoms with van der Waals surface area (Å²) in [5.41, 5.74) is 1.65. The quantitative estimate of drug-likeness (QED) is 0.488. The van der Waals surface area contributed by atoms with Crippen molar-refractivity contribution in [2.45, 2.75) is 46.3 Å². The van der Waals surface area contributed by atoms with Crippen molar-refractivity contribution >= 4 is 39.4 Å². The summed E-state index contributed by atoms with van der Waals surface area (Å²) >= 11 is 1.10. The molecule has 0 unspecified atom stereocenters. The first-order chi connectivity index (χ1) is 13.7. The highest BCUT2D eigenvalue weighted by Crippen LogP contribution is 2.34. The lowest BCUT2D eigenvalue weighted by Crippen LogP contribution is -2.36. The number of nitrogens with one attached hydrogen (secondary N) is 2. The number of rotatable bonds is 7. The maximum Gasteiger partial charge on any atom is 0.512 e. The van der Waals surface area contributed by atoms with Crippen LogP contribution in [0, 0.1) is 0 Å². The summed E-state index contributed by atoms with van der Waals surface area (Å²) < 4.78 is 4.65. The van der Waals surface area contributed by atoms with Gasteiger partial charge in [-0.15, -0.1) is 0 Å². The predicted octanol–water partition coefficient (Wildman–Crippen LogP) is 4.55. The van der Waals surface area contributed by atoms with E-state index >= 15 is 0 Å². The van der Waals surface area contributed by atoms with Crippen LogP contribution >= 0.6 is 11.3 Å². The Morgan fingerprint density at radius 2 is 1.86 bits per heavy atom. The summed E-state index contributed by atoms with van der Waals surface area (Å²) in [5, 5.41) is 19.1. The second-order valence-corrected chi connectivity index (χ2v) is 8.27. The fourth-order valence-electron chi connectivity index (χ4n) is 3.14. The van der Waals surface area contributed by atoms with Gasteiger partial charge in [-0.1, -0.05) is 23.5 Å². The van der Waals surface area contributed by atoms with Crippen LogP contribution in [0.15, 0.2) is 30.3 Å². The van der Waals surface area contributed by atoms with Gasteiger partial charge in [-0.05, 0) is 45.4 Å². The lowest BCUT2D eigenvalue weighted by atomic mass is 10.1. The molecule has 1 amide bonds. The van der Waals surface area contributed by atoms with Crippen LogP contribution in [0.25, 0.3) is 10.2 Å². The second kappa shape index (κ2) is 8.62. The first kappa shape index (κ1) is 20.8. The predicted molar refractivity (Wildman–Crippen MR) is 113 cm³/mol. The molecule has 3 rings (SSSR count). The first-order valence-corrected chi connectivity index (χ1v) is 10.1. The van der Waals surface area contributed by atoms with Crippen LogP contribution in [0.2, 0.25) is 0 Å². The number of hydrogen-bond donors (Lipinski definition) is 3. The molecule has 2 aromatic heterocycles. The molecule has 2 heterocycles. The molecule has 0 aliphatic heterocycles. The maximum absolute atomic E-state index is 12.6. The van der Waals surface area contributed by atoms with Crippen molar-refractivity contribution in [3.8, 4) is 5.06 Å². The van der Waals surface area contributed by atoms with E-state index in [-0.39, 0.29) is 11.0 Å². The van der Waals surface area contributed by atoms with Crippen LogP contribution < -0.4 is 10.1 Å². The van der Waals surface area contributed by atoms with Crippen LogP contribution in [0.3, 0.4) is 0 Å². The molecule has 0 aliphatic carbocycles. The topological polar surface area (TPSA) is 108 Å². The van der Waals surface area contributed by atoms with Gasteiger partial charge in [0.25, 0.3) is 5.91 Å². The van der Waals surface area contributed by atoms with Gasteiger partial charge < -0.3 is 15.2 Å². The van der Waals surface area contributed by atoms with Gasteiger partial charge in [-0.25, -0.2) is 4.79 Å². The lowest BCUT2D eigenvalue weighted by molar-refractivity contribution is 0.102. The zero-order valence-corrected chi connectivity index (χ0v) is 17.5. The van der Waals surface area contributed by atoms with Crippen molar-refractivity contribution in [2.24, 2.45) is 0 Å². The number of carboxylic acid groups (broad SMARTS) is 1. The second-order valence-electron chi connectivity index (χ2n) is 7.26. The van der Waals surface area contributed by atoms with Gasteiger partial charge >= 0.3 is 6.16 Å². The summed E-state index contributed by atoms with van der Waals surface area (Å²) in [7, 11) is 0. The molecule has 0 radical (unpaired) electrons. The third-order valence-electron chi connectivity index (χ3n) is 4.56. The fraction of sp³-hybridized carbons (Fsp3) is 0.350. The molecular weight excluding hydrogens is 392 g/mol. The van der Waals surface area contributed by atoms with Gasteiger partial charge in [0.05, 0.1) is 5.39 Å². The largest absolute Gasteiger partial charge is 0.512 e. The van der Waals surface area contributed by atoms with E-state index in [1.807, 2.05) is 12.1 Å². The van der Waals surface area contributed by atoms with Crippen molar-refractivity contribution in [3.63, 3.8) is 0 Å². The van der Waals surface area contributed by atoms with Crippen LogP contribution in [-0.4, -0.2) is 44.4 Å². The number of fused-ring (bicyclic) bond motifs is 1. The van der Waals surface area contributed by atoms with Crippen molar-refractivity contribution in [1.82, 2.24) is 15.1 Å². The minimum Gasteiger partial charge on any atom is -0.449 e. The lowest BCUT2D eigenvalue weighted by Gasteiger charge is -2.30. The number of carbonyl (C=O) groups excluding carboxylic acids is 1. The summed E-state index contributed by atoms with van der Waals surface area (Å²) in [6.07, 6.45) is -1.39. The van der Waals surface area contributed by atoms with Crippen LogP contribution in [0.4, 0.5) is 10.6 Å². The molecule has 8 nitrogen and oxygen atoms in total. The monoisotopic (exact) mass is 416 g/mol. The van der Waals surface area contributed by atoms with E-state index in [1.165, 1.54) is 6.07 Å². The highest BCUT2D eigenvalue weighted by Gasteiger charge is 2.17. The highest BCUT2D eigenvalue weighted by atomic mass is 32.1. The average Bonchev–Trinajstić information content (AvgIpc) is 3.20. The molecule has 0 saturated heterocycles. The molecule has 0 atom stereocenters. The Morgan fingerprint density at radius 1 is 1.21 bits per heavy atom. The van der Waals surface area contributed by atoms with Gasteiger partial charge in [0, 0.05) is 30.3 Å². The maximum atomic E-state index is 12.6. The fourth-order valence-corrected chi connectivity index (χ4v) is 3.99. The Hall–Kier alpha value is -2.91. The Labute approximate surface area is 172 Å². The normalized spacial score (nSPS) is 11.6. The number of benzene rings is 1. The van der Waals surface area contributed by atoms with Crippen molar-refractivity contribution in [1.29, 1.82) is 0 Å². The zero-order chi connectivity index (χ0) is 21.1. The van der Waals surface area contributed by atoms with E-state index < -0.39 is 6.16 Å². The Balaban J connectivity index is 1.70. The number of carbonyl (C=O) groups is 2. The molecular formula is C20H24N4O4S. The number of aromatic nitrogens is 2. The van der Waals surface area contributed by atoms with Gasteiger partial charge in [-0.2, -0.15) is 5.10 Å². The molecule has 154 valence electrons. The number of anilines is 1. The third kappa shape index (κ3) is 4.93. The van der Waals surface area contributed by atoms with E-state index in [4.69, 9.17) is 5.11 Å². The average molecular weight is 417 g/mol. The van der Waals surface area contributed by atoms with Crippen LogP contribution in [-0.2, 0) is 6.54 Å². The van der Waals surface area contributed by atoms with Gasteiger partial charge in [0.15, 0.2) is 10.9 Å². The number of ether oxygens (including phenoxy) is 1. The minimum absolute atomic E-state index is 0.209. The molecule has 29 heavy (non-hydrogen) atoms. The number of aromatic amines is 1. The third-order valence-corrected chi connectivity index (χ3v) is 5.48. The van der Waals surface area contributed by atoms with Crippen molar-refractivity contribution in [2.75, 3.05) is 5.32 Å². The number of H-pyrrole nitrogens is 1. The van der Waals surface area contributed by atoms with Crippen LogP contribution in [0.5, 0.6) is 5.06 Å². The molecule has 1 aromatic carbocycles. The molecule has 0 aliphatic rings. The first-order valence-electron chi connectivity index (χ1n) is 9.29. The number of hydrogen-bond acceptors (Lipinski definition) is 6. The Morgan fingerprint density at radius 3 is 2.45 bits per heavy atom. The molecule has 0 fully saturated rings. The Kier molecular flexibility index (Phi) is 6.19. The smallest absolute Gasteiger partial charge is 0.449 e. The van der Waals surface area contributed by atoms with Crippen molar-refractivity contribution in [3.05, 3.63) is 41.5 Å². The van der Waals surface area contributed by atoms with Crippen LogP contribution in [0.1, 0.15) is 43.6 Å². The summed E-state index contributed by atoms with van der Waals surface area (Å²) in [4.78, 5) is 26.3. The standard InChI is InChI=1S/C20H24N4O4S/c1-11(2)24(12(3)4)10-13-5-7-14(8-6-13)18(25)21-17-15-9-16(28-20(26)27)29-19(15)23-22-17/h5-9,11-12H,10H2,1-4H3,(H,26,27)(H2,21,22,23,25). The van der Waals surface area contributed by atoms with E-state index in [2.05, 4.69) is 52.8 Å². The number of thiophene rings is 1. The summed E-state index contributed by atoms with van der Waals surface area (Å²) in [5.74, 6) is 0.0396. The molecule has 9 heteroatoms. The van der Waals surface area contributed by atoms with Gasteiger partial charge in [0.2, 0.25) is 0 Å². The summed E-state index contributed by atoms with van der Waals surface area (Å²) in [6, 6.07) is 9.89. The molecule has 0 spiro atoms. The van der Waals surface area contributed by atoms with Gasteiger partial charge in [-0.3, -0.25) is 14.8 Å². The van der Waals surface area contributed by atoms with Gasteiger partial charge in [0.1, 0.15) is 4.83 Å². The molecule has 0 bridgehead atoms. The van der Waals surface area contributed by atoms with E-state index in [9.17, 15) is 9.59 Å². The Bertz CT molecular complexity index is 999. The van der Waals surface area contributed by atoms with Crippen molar-refractivity contribution < 1.29 is 19.4 Å². The highest BCUT2D eigenvalue weighted by molar-refractivity contribution is 7.20. The summed E-state index contributed by atoms with van der Waals surface area (Å²) in [6.45, 7) is 9.50. The molecule has 3 N–H and O–H groups in total. The number of nitrogens with zero attached hydrogens (tertiary/aromatic N) is 2. The minimum atomic E-state index is -1.39. The molecule has 0 saturated carbocycles.